The molecule has 24 heavy (non-hydrogen) atoms. The highest BCUT2D eigenvalue weighted by molar-refractivity contribution is 7.90. The molecule has 0 radical (unpaired) electrons. The molecule has 0 aliphatic rings. The molecular formula is C17H15NO5S. The van der Waals surface area contributed by atoms with E-state index in [0.29, 0.717) is 16.7 Å². The Balaban J connectivity index is 2.31. The molecule has 0 atom stereocenters. The summed E-state index contributed by atoms with van der Waals surface area (Å²) in [6, 6.07) is 12.9. The molecular weight excluding hydrogens is 330 g/mol. The zero-order valence-corrected chi connectivity index (χ0v) is 13.9. The first-order valence-electron chi connectivity index (χ1n) is 7.07. The summed E-state index contributed by atoms with van der Waals surface area (Å²) in [5.74, 6) is -0.0993. The van der Waals surface area contributed by atoms with Crippen molar-refractivity contribution < 1.29 is 22.7 Å². The zero-order valence-electron chi connectivity index (χ0n) is 13.1. The van der Waals surface area contributed by atoms with Crippen LogP contribution in [0.2, 0.25) is 0 Å². The van der Waals surface area contributed by atoms with E-state index in [1.54, 1.807) is 36.4 Å². The second-order valence-electron chi connectivity index (χ2n) is 5.03. The van der Waals surface area contributed by atoms with Gasteiger partial charge in [0.25, 0.3) is 10.0 Å². The number of hydrogen-bond acceptors (Lipinski definition) is 5. The lowest BCUT2D eigenvalue weighted by Gasteiger charge is -2.07. The summed E-state index contributed by atoms with van der Waals surface area (Å²) in [6.45, 7) is 0. The van der Waals surface area contributed by atoms with Gasteiger partial charge in [0.1, 0.15) is 5.75 Å². The van der Waals surface area contributed by atoms with Crippen molar-refractivity contribution in [3.63, 3.8) is 0 Å². The Labute approximate surface area is 139 Å². The lowest BCUT2D eigenvalue weighted by atomic mass is 10.1. The number of esters is 1. The molecule has 0 aliphatic heterocycles. The third-order valence-corrected chi connectivity index (χ3v) is 5.37. The van der Waals surface area contributed by atoms with E-state index < -0.39 is 16.0 Å². The van der Waals surface area contributed by atoms with Crippen molar-refractivity contribution in [2.75, 3.05) is 14.2 Å². The van der Waals surface area contributed by atoms with E-state index in [9.17, 15) is 13.2 Å². The van der Waals surface area contributed by atoms with Crippen molar-refractivity contribution in [3.8, 4) is 5.75 Å². The van der Waals surface area contributed by atoms with Gasteiger partial charge in [-0.1, -0.05) is 18.2 Å². The van der Waals surface area contributed by atoms with Crippen molar-refractivity contribution in [2.24, 2.45) is 0 Å². The number of carbonyl (C=O) groups is 1. The molecule has 3 aromatic rings. The minimum Gasteiger partial charge on any atom is -0.497 e. The molecule has 0 N–H and O–H groups in total. The van der Waals surface area contributed by atoms with Crippen LogP contribution in [0.25, 0.3) is 10.9 Å². The fourth-order valence-corrected chi connectivity index (χ4v) is 3.87. The summed E-state index contributed by atoms with van der Waals surface area (Å²) < 4.78 is 36.8. The molecule has 0 unspecified atom stereocenters. The highest BCUT2D eigenvalue weighted by Gasteiger charge is 2.24. The Morgan fingerprint density at radius 1 is 1.04 bits per heavy atom. The lowest BCUT2D eigenvalue weighted by Crippen LogP contribution is -2.12. The number of aromatic nitrogens is 1. The number of carbonyl (C=O) groups excluding carboxylic acids is 1. The van der Waals surface area contributed by atoms with Crippen LogP contribution in [0.3, 0.4) is 0 Å². The second-order valence-corrected chi connectivity index (χ2v) is 6.85. The maximum atomic E-state index is 12.9. The van der Waals surface area contributed by atoms with E-state index in [-0.39, 0.29) is 10.5 Å². The molecule has 1 heterocycles. The molecule has 6 nitrogen and oxygen atoms in total. The summed E-state index contributed by atoms with van der Waals surface area (Å²) in [7, 11) is -1.09. The van der Waals surface area contributed by atoms with Gasteiger partial charge in [0.15, 0.2) is 0 Å². The van der Waals surface area contributed by atoms with Crippen LogP contribution in [-0.4, -0.2) is 32.6 Å². The average Bonchev–Trinajstić information content (AvgIpc) is 3.01. The van der Waals surface area contributed by atoms with Gasteiger partial charge in [0, 0.05) is 11.6 Å². The van der Waals surface area contributed by atoms with Gasteiger partial charge < -0.3 is 9.47 Å². The van der Waals surface area contributed by atoms with E-state index >= 15 is 0 Å². The maximum absolute atomic E-state index is 12.9. The van der Waals surface area contributed by atoms with E-state index in [0.717, 1.165) is 3.97 Å². The average molecular weight is 345 g/mol. The molecule has 0 saturated carbocycles. The fraction of sp³-hybridized carbons (Fsp3) is 0.118. The number of ether oxygens (including phenoxy) is 2. The van der Waals surface area contributed by atoms with Crippen molar-refractivity contribution in [3.05, 3.63) is 60.3 Å². The molecule has 0 aliphatic carbocycles. The van der Waals surface area contributed by atoms with E-state index in [1.165, 1.54) is 32.5 Å². The van der Waals surface area contributed by atoms with Crippen molar-refractivity contribution in [1.82, 2.24) is 3.97 Å². The van der Waals surface area contributed by atoms with Crippen LogP contribution >= 0.6 is 0 Å². The summed E-state index contributed by atoms with van der Waals surface area (Å²) >= 11 is 0. The predicted octanol–water partition coefficient (Wildman–Crippen LogP) is 2.67. The third-order valence-electron chi connectivity index (χ3n) is 3.68. The largest absolute Gasteiger partial charge is 0.497 e. The van der Waals surface area contributed by atoms with Crippen LogP contribution in [0, 0.1) is 0 Å². The monoisotopic (exact) mass is 345 g/mol. The van der Waals surface area contributed by atoms with Crippen LogP contribution in [0.15, 0.2) is 59.6 Å². The molecule has 0 spiro atoms. The number of nitrogens with zero attached hydrogens (tertiary/aromatic N) is 1. The Morgan fingerprint density at radius 2 is 1.75 bits per heavy atom. The topological polar surface area (TPSA) is 74.6 Å². The molecule has 0 saturated heterocycles. The van der Waals surface area contributed by atoms with Gasteiger partial charge in [-0.25, -0.2) is 17.2 Å². The lowest BCUT2D eigenvalue weighted by molar-refractivity contribution is 0.0603. The fourth-order valence-electron chi connectivity index (χ4n) is 2.48. The smallest absolute Gasteiger partial charge is 0.340 e. The highest BCUT2D eigenvalue weighted by atomic mass is 32.2. The first-order chi connectivity index (χ1) is 11.5. The Kier molecular flexibility index (Phi) is 4.02. The van der Waals surface area contributed by atoms with Crippen molar-refractivity contribution in [2.45, 2.75) is 4.90 Å². The number of hydrogen-bond donors (Lipinski definition) is 0. The van der Waals surface area contributed by atoms with Crippen LogP contribution in [0.4, 0.5) is 0 Å². The molecule has 2 aromatic carbocycles. The highest BCUT2D eigenvalue weighted by Crippen LogP contribution is 2.29. The Bertz CT molecular complexity index is 1010. The molecule has 1 aromatic heterocycles. The molecule has 3 rings (SSSR count). The summed E-state index contributed by atoms with van der Waals surface area (Å²) in [5, 5.41) is 0.445. The Morgan fingerprint density at radius 3 is 2.38 bits per heavy atom. The quantitative estimate of drug-likeness (QED) is 0.680. The minimum atomic E-state index is -3.84. The number of methoxy groups -OCH3 is 2. The van der Waals surface area contributed by atoms with Gasteiger partial charge in [-0.15, -0.1) is 0 Å². The molecule has 7 heteroatoms. The van der Waals surface area contributed by atoms with Gasteiger partial charge in [-0.05, 0) is 30.3 Å². The molecule has 0 bridgehead atoms. The normalized spacial score (nSPS) is 11.4. The van der Waals surface area contributed by atoms with E-state index in [4.69, 9.17) is 9.47 Å². The zero-order chi connectivity index (χ0) is 17.3. The third kappa shape index (κ3) is 2.52. The van der Waals surface area contributed by atoms with Crippen LogP contribution in [-0.2, 0) is 14.8 Å². The maximum Gasteiger partial charge on any atom is 0.340 e. The molecule has 0 amide bonds. The number of benzene rings is 2. The van der Waals surface area contributed by atoms with Crippen LogP contribution in [0.5, 0.6) is 5.75 Å². The SMILES string of the molecule is COC(=O)c1cn(S(=O)(=O)c2ccccc2)c2ccc(OC)cc12. The first kappa shape index (κ1) is 16.1. The minimum absolute atomic E-state index is 0.133. The van der Waals surface area contributed by atoms with Gasteiger partial charge >= 0.3 is 5.97 Å². The van der Waals surface area contributed by atoms with Crippen LogP contribution in [0.1, 0.15) is 10.4 Å². The summed E-state index contributed by atoms with van der Waals surface area (Å²) in [6.07, 6.45) is 1.28. The van der Waals surface area contributed by atoms with Gasteiger partial charge in [-0.2, -0.15) is 0 Å². The second kappa shape index (κ2) is 6.01. The summed E-state index contributed by atoms with van der Waals surface area (Å²) in [4.78, 5) is 12.2. The Hall–Kier alpha value is -2.80. The standard InChI is InChI=1S/C17H15NO5S/c1-22-12-8-9-16-14(10-12)15(17(19)23-2)11-18(16)24(20,21)13-6-4-3-5-7-13/h3-11H,1-2H3. The van der Waals surface area contributed by atoms with Gasteiger partial charge in [0.05, 0.1) is 30.2 Å². The number of rotatable bonds is 4. The molecule has 0 fully saturated rings. The predicted molar refractivity (Wildman–Crippen MR) is 88.9 cm³/mol. The van der Waals surface area contributed by atoms with E-state index in [2.05, 4.69) is 0 Å². The number of fused-ring (bicyclic) bond motifs is 1. The van der Waals surface area contributed by atoms with Crippen molar-refractivity contribution in [1.29, 1.82) is 0 Å². The van der Waals surface area contributed by atoms with Gasteiger partial charge in [0.2, 0.25) is 0 Å². The van der Waals surface area contributed by atoms with Crippen LogP contribution < -0.4 is 4.74 Å². The summed E-state index contributed by atoms with van der Waals surface area (Å²) in [5.41, 5.74) is 0.533. The van der Waals surface area contributed by atoms with Gasteiger partial charge in [-0.3, -0.25) is 0 Å². The molecule has 124 valence electrons. The van der Waals surface area contributed by atoms with E-state index in [1.807, 2.05) is 0 Å². The first-order valence-corrected chi connectivity index (χ1v) is 8.51. The van der Waals surface area contributed by atoms with Crippen molar-refractivity contribution >= 4 is 26.9 Å².